The summed E-state index contributed by atoms with van der Waals surface area (Å²) in [5.74, 6) is -0.584. The van der Waals surface area contributed by atoms with Crippen molar-refractivity contribution in [2.24, 2.45) is 0 Å². The number of aryl methyl sites for hydroxylation is 1. The lowest BCUT2D eigenvalue weighted by atomic mass is 10.1. The van der Waals surface area contributed by atoms with Gasteiger partial charge in [-0.3, -0.25) is 19.2 Å². The number of carbonyl (C=O) groups excluding carboxylic acids is 1. The maximum atomic E-state index is 13.8. The number of non-ortho nitro benzene ring substituents is 1. The van der Waals surface area contributed by atoms with Crippen LogP contribution in [0.3, 0.4) is 0 Å². The summed E-state index contributed by atoms with van der Waals surface area (Å²) in [6.45, 7) is 2.07. The van der Waals surface area contributed by atoms with Crippen molar-refractivity contribution in [3.8, 4) is 0 Å². The predicted octanol–water partition coefficient (Wildman–Crippen LogP) is 4.36. The van der Waals surface area contributed by atoms with Crippen molar-refractivity contribution in [3.05, 3.63) is 99.6 Å². The zero-order valence-electron chi connectivity index (χ0n) is 18.3. The number of hydrogen-bond acceptors (Lipinski definition) is 5. The average Bonchev–Trinajstić information content (AvgIpc) is 2.94. The number of nitro benzene ring substituents is 1. The SMILES string of the molecule is Cc1ccc(S(=O)(=O)N2c3ccc([N+](=O)[O-])cc3C(=O)N(Cc3ccccc3)C[C@@H]2CCl)cc1. The van der Waals surface area contributed by atoms with Crippen molar-refractivity contribution in [3.63, 3.8) is 0 Å². The van der Waals surface area contributed by atoms with Gasteiger partial charge in [-0.05, 0) is 30.7 Å². The van der Waals surface area contributed by atoms with E-state index in [1.165, 1.54) is 29.2 Å². The fraction of sp³-hybridized carbons (Fsp3) is 0.208. The average molecular weight is 500 g/mol. The molecule has 1 heterocycles. The Balaban J connectivity index is 1.89. The second-order valence-electron chi connectivity index (χ2n) is 8.05. The van der Waals surface area contributed by atoms with Crippen LogP contribution in [-0.2, 0) is 16.6 Å². The maximum Gasteiger partial charge on any atom is 0.270 e. The molecular formula is C24H22ClN3O5S. The first kappa shape index (κ1) is 23.7. The number of carbonyl (C=O) groups is 1. The summed E-state index contributed by atoms with van der Waals surface area (Å²) in [6.07, 6.45) is 0. The second kappa shape index (κ2) is 9.44. The van der Waals surface area contributed by atoms with Crippen molar-refractivity contribution >= 4 is 38.9 Å². The van der Waals surface area contributed by atoms with Gasteiger partial charge >= 0.3 is 0 Å². The highest BCUT2D eigenvalue weighted by Crippen LogP contribution is 2.36. The second-order valence-corrected chi connectivity index (χ2v) is 10.2. The minimum absolute atomic E-state index is 0.0186. The van der Waals surface area contributed by atoms with Crippen LogP contribution >= 0.6 is 11.6 Å². The molecule has 0 saturated carbocycles. The highest BCUT2D eigenvalue weighted by atomic mass is 35.5. The molecule has 3 aromatic carbocycles. The Morgan fingerprint density at radius 1 is 1.06 bits per heavy atom. The van der Waals surface area contributed by atoms with Gasteiger partial charge in [-0.1, -0.05) is 48.0 Å². The van der Waals surface area contributed by atoms with E-state index in [-0.39, 0.29) is 40.8 Å². The van der Waals surface area contributed by atoms with Crippen molar-refractivity contribution in [2.45, 2.75) is 24.4 Å². The number of halogens is 1. The molecule has 8 nitrogen and oxygen atoms in total. The summed E-state index contributed by atoms with van der Waals surface area (Å²) in [6, 6.07) is 18.4. The fourth-order valence-corrected chi connectivity index (χ4v) is 5.96. The first-order valence-corrected chi connectivity index (χ1v) is 12.5. The lowest BCUT2D eigenvalue weighted by Gasteiger charge is -2.32. The largest absolute Gasteiger partial charge is 0.332 e. The fourth-order valence-electron chi connectivity index (χ4n) is 3.98. The number of nitrogens with zero attached hydrogens (tertiary/aromatic N) is 3. The summed E-state index contributed by atoms with van der Waals surface area (Å²) in [4.78, 5) is 25.9. The molecule has 0 fully saturated rings. The van der Waals surface area contributed by atoms with E-state index >= 15 is 0 Å². The molecule has 4 rings (SSSR count). The molecule has 1 atom stereocenters. The third kappa shape index (κ3) is 4.49. The molecule has 0 aromatic heterocycles. The molecule has 0 unspecified atom stereocenters. The van der Waals surface area contributed by atoms with Crippen LogP contribution in [0.25, 0.3) is 0 Å². The van der Waals surface area contributed by atoms with Gasteiger partial charge in [-0.15, -0.1) is 11.6 Å². The van der Waals surface area contributed by atoms with Crippen molar-refractivity contribution in [1.82, 2.24) is 4.90 Å². The lowest BCUT2D eigenvalue weighted by molar-refractivity contribution is -0.384. The Morgan fingerprint density at radius 2 is 1.74 bits per heavy atom. The summed E-state index contributed by atoms with van der Waals surface area (Å²) in [5.41, 5.74) is 1.43. The van der Waals surface area contributed by atoms with Crippen molar-refractivity contribution in [1.29, 1.82) is 0 Å². The summed E-state index contributed by atoms with van der Waals surface area (Å²) in [5, 5.41) is 11.4. The van der Waals surface area contributed by atoms with Gasteiger partial charge in [0.05, 0.1) is 27.1 Å². The smallest absolute Gasteiger partial charge is 0.270 e. The Bertz CT molecular complexity index is 1330. The molecule has 176 valence electrons. The molecule has 1 aliphatic heterocycles. The van der Waals surface area contributed by atoms with E-state index in [0.717, 1.165) is 21.5 Å². The van der Waals surface area contributed by atoms with E-state index in [9.17, 15) is 23.3 Å². The molecule has 1 amide bonds. The standard InChI is InChI=1S/C24H22ClN3O5S/c1-17-7-10-21(11-8-17)34(32,33)27-20(14-25)16-26(15-18-5-3-2-4-6-18)24(29)22-13-19(28(30)31)9-12-23(22)27/h2-13,20H,14-16H2,1H3/t20-/m0/s1. The zero-order chi connectivity index (χ0) is 24.5. The van der Waals surface area contributed by atoms with Crippen LogP contribution in [0.5, 0.6) is 0 Å². The summed E-state index contributed by atoms with van der Waals surface area (Å²) >= 11 is 6.28. The molecule has 0 saturated heterocycles. The van der Waals surface area contributed by atoms with Crippen LogP contribution in [-0.4, -0.2) is 42.6 Å². The highest BCUT2D eigenvalue weighted by Gasteiger charge is 2.40. The van der Waals surface area contributed by atoms with Gasteiger partial charge in [-0.25, -0.2) is 8.42 Å². The minimum Gasteiger partial charge on any atom is -0.332 e. The summed E-state index contributed by atoms with van der Waals surface area (Å²) in [7, 11) is -4.13. The monoisotopic (exact) mass is 499 g/mol. The van der Waals surface area contributed by atoms with Crippen LogP contribution in [0.1, 0.15) is 21.5 Å². The van der Waals surface area contributed by atoms with Crippen molar-refractivity contribution in [2.75, 3.05) is 16.7 Å². The van der Waals surface area contributed by atoms with Crippen LogP contribution in [0.4, 0.5) is 11.4 Å². The highest BCUT2D eigenvalue weighted by molar-refractivity contribution is 7.92. The third-order valence-corrected chi connectivity index (χ3v) is 7.92. The molecule has 3 aromatic rings. The number of benzene rings is 3. The van der Waals surface area contributed by atoms with E-state index in [4.69, 9.17) is 11.6 Å². The first-order valence-electron chi connectivity index (χ1n) is 10.5. The van der Waals surface area contributed by atoms with Gasteiger partial charge < -0.3 is 4.90 Å². The molecular weight excluding hydrogens is 478 g/mol. The number of rotatable bonds is 6. The maximum absolute atomic E-state index is 13.8. The van der Waals surface area contributed by atoms with E-state index in [0.29, 0.717) is 0 Å². The Morgan fingerprint density at radius 3 is 2.35 bits per heavy atom. The van der Waals surface area contributed by atoms with Crippen LogP contribution in [0.15, 0.2) is 77.7 Å². The number of amides is 1. The van der Waals surface area contributed by atoms with Crippen molar-refractivity contribution < 1.29 is 18.1 Å². The minimum atomic E-state index is -4.13. The summed E-state index contributed by atoms with van der Waals surface area (Å²) < 4.78 is 28.7. The first-order chi connectivity index (χ1) is 16.2. The van der Waals surface area contributed by atoms with Gasteiger partial charge in [-0.2, -0.15) is 0 Å². The van der Waals surface area contributed by atoms with E-state index in [1.807, 2.05) is 37.3 Å². The number of alkyl halides is 1. The van der Waals surface area contributed by atoms with Gasteiger partial charge in [0.15, 0.2) is 0 Å². The molecule has 0 aliphatic carbocycles. The van der Waals surface area contributed by atoms with E-state index < -0.39 is 26.9 Å². The zero-order valence-corrected chi connectivity index (χ0v) is 19.9. The van der Waals surface area contributed by atoms with Gasteiger partial charge in [0, 0.05) is 31.1 Å². The Kier molecular flexibility index (Phi) is 6.58. The molecule has 10 heteroatoms. The van der Waals surface area contributed by atoms with Gasteiger partial charge in [0.25, 0.3) is 21.6 Å². The van der Waals surface area contributed by atoms with Crippen LogP contribution in [0.2, 0.25) is 0 Å². The normalized spacial score (nSPS) is 16.2. The Labute approximate surface area is 202 Å². The number of fused-ring (bicyclic) bond motifs is 1. The number of nitro groups is 1. The molecule has 0 bridgehead atoms. The number of hydrogen-bond donors (Lipinski definition) is 0. The van der Waals surface area contributed by atoms with Gasteiger partial charge in [0.2, 0.25) is 0 Å². The molecule has 0 N–H and O–H groups in total. The number of sulfonamides is 1. The lowest BCUT2D eigenvalue weighted by Crippen LogP contribution is -2.46. The van der Waals surface area contributed by atoms with E-state index in [2.05, 4.69) is 0 Å². The molecule has 1 aliphatic rings. The number of anilines is 1. The molecule has 34 heavy (non-hydrogen) atoms. The third-order valence-electron chi connectivity index (χ3n) is 5.68. The topological polar surface area (TPSA) is 101 Å². The van der Waals surface area contributed by atoms with E-state index in [1.54, 1.807) is 12.1 Å². The van der Waals surface area contributed by atoms with Crippen LogP contribution in [0, 0.1) is 17.0 Å². The van der Waals surface area contributed by atoms with Crippen LogP contribution < -0.4 is 4.31 Å². The molecule has 0 spiro atoms. The predicted molar refractivity (Wildman–Crippen MR) is 130 cm³/mol. The van der Waals surface area contributed by atoms with Gasteiger partial charge in [0.1, 0.15) is 0 Å². The quantitative estimate of drug-likeness (QED) is 0.285. The molecule has 0 radical (unpaired) electrons. The Hall–Kier alpha value is -3.43.